The molecule has 0 rings (SSSR count). The van der Waals surface area contributed by atoms with Crippen molar-refractivity contribution in [2.24, 2.45) is 0 Å². The van der Waals surface area contributed by atoms with Gasteiger partial charge in [-0.3, -0.25) is 9.59 Å². The van der Waals surface area contributed by atoms with Crippen LogP contribution in [0.2, 0.25) is 0 Å². The molecule has 0 saturated carbocycles. The van der Waals surface area contributed by atoms with Crippen LogP contribution in [0.3, 0.4) is 0 Å². The van der Waals surface area contributed by atoms with E-state index in [1.165, 1.54) is 289 Å². The largest absolute Gasteiger partial charge is 0.466 e. The lowest BCUT2D eigenvalue weighted by Crippen LogP contribution is -2.45. The number of ether oxygens (including phenoxy) is 1. The highest BCUT2D eigenvalue weighted by atomic mass is 16.5. The molecule has 2 atom stereocenters. The van der Waals surface area contributed by atoms with Crippen molar-refractivity contribution in [2.75, 3.05) is 13.2 Å². The van der Waals surface area contributed by atoms with Gasteiger partial charge in [-0.1, -0.05) is 321 Å². The molecule has 410 valence electrons. The van der Waals surface area contributed by atoms with E-state index in [2.05, 4.69) is 19.2 Å². The highest BCUT2D eigenvalue weighted by Crippen LogP contribution is 2.18. The molecule has 0 radical (unpaired) electrons. The fourth-order valence-electron chi connectivity index (χ4n) is 9.99. The second-order valence-corrected chi connectivity index (χ2v) is 21.8. The number of hydrogen-bond donors (Lipinski definition) is 3. The van der Waals surface area contributed by atoms with E-state index in [0.717, 1.165) is 38.5 Å². The maximum atomic E-state index is 12.4. The summed E-state index contributed by atoms with van der Waals surface area (Å²) in [6, 6.07) is -0.626. The fraction of sp³-hybridized carbons (Fsp3) is 0.937. The lowest BCUT2D eigenvalue weighted by molar-refractivity contribution is -0.143. The summed E-state index contributed by atoms with van der Waals surface area (Å²) in [5.74, 6) is -0.0498. The van der Waals surface area contributed by atoms with E-state index < -0.39 is 12.1 Å². The summed E-state index contributed by atoms with van der Waals surface area (Å²) in [7, 11) is 0. The van der Waals surface area contributed by atoms with E-state index in [1.54, 1.807) is 6.08 Å². The van der Waals surface area contributed by atoms with Crippen LogP contribution in [0.4, 0.5) is 0 Å². The van der Waals surface area contributed by atoms with Crippen LogP contribution in [0.5, 0.6) is 0 Å². The number of aliphatic hydroxyl groups is 2. The first-order chi connectivity index (χ1) is 34.0. The molecule has 1 amide bonds. The fourth-order valence-corrected chi connectivity index (χ4v) is 9.99. The average molecular weight is 975 g/mol. The second-order valence-electron chi connectivity index (χ2n) is 21.8. The summed E-state index contributed by atoms with van der Waals surface area (Å²) in [6.07, 6.45) is 71.2. The summed E-state index contributed by atoms with van der Waals surface area (Å²) >= 11 is 0. The van der Waals surface area contributed by atoms with Crippen LogP contribution in [0.1, 0.15) is 354 Å². The number of carbonyl (C=O) groups excluding carboxylic acids is 2. The van der Waals surface area contributed by atoms with Gasteiger partial charge in [-0.2, -0.15) is 0 Å². The van der Waals surface area contributed by atoms with Crippen molar-refractivity contribution < 1.29 is 24.5 Å². The minimum Gasteiger partial charge on any atom is -0.466 e. The van der Waals surface area contributed by atoms with Crippen molar-refractivity contribution in [3.8, 4) is 0 Å². The third kappa shape index (κ3) is 55.8. The van der Waals surface area contributed by atoms with Crippen LogP contribution >= 0.6 is 0 Å². The van der Waals surface area contributed by atoms with E-state index in [4.69, 9.17) is 4.74 Å². The van der Waals surface area contributed by atoms with Gasteiger partial charge in [0.15, 0.2) is 0 Å². The SMILES string of the molecule is CCCCCCCCCCC/C=C/C(O)C(CO)NC(=O)CCCCCCCCCCCCCCCCCCCCCCCCOC(=O)CCCCCCCCCCCCCCCCCCCCC. The van der Waals surface area contributed by atoms with Crippen LogP contribution in [0.15, 0.2) is 12.2 Å². The molecule has 0 fully saturated rings. The van der Waals surface area contributed by atoms with E-state index in [0.29, 0.717) is 19.4 Å². The summed E-state index contributed by atoms with van der Waals surface area (Å²) in [5, 5.41) is 23.0. The zero-order chi connectivity index (χ0) is 50.0. The van der Waals surface area contributed by atoms with Crippen molar-refractivity contribution in [3.63, 3.8) is 0 Å². The summed E-state index contributed by atoms with van der Waals surface area (Å²) < 4.78 is 5.51. The van der Waals surface area contributed by atoms with Gasteiger partial charge in [0, 0.05) is 12.8 Å². The van der Waals surface area contributed by atoms with Gasteiger partial charge in [0.25, 0.3) is 0 Å². The Morgan fingerprint density at radius 2 is 0.667 bits per heavy atom. The molecule has 0 aromatic heterocycles. The molecule has 0 aliphatic heterocycles. The topological polar surface area (TPSA) is 95.9 Å². The molecule has 3 N–H and O–H groups in total. The van der Waals surface area contributed by atoms with Gasteiger partial charge in [-0.05, 0) is 32.1 Å². The Kier molecular flexibility index (Phi) is 58.0. The molecule has 0 heterocycles. The first-order valence-electron chi connectivity index (χ1n) is 31.5. The Labute approximate surface area is 431 Å². The quantitative estimate of drug-likeness (QED) is 0.0321. The summed E-state index contributed by atoms with van der Waals surface area (Å²) in [5.41, 5.74) is 0. The lowest BCUT2D eigenvalue weighted by Gasteiger charge is -2.20. The Bertz CT molecular complexity index is 1030. The third-order valence-electron chi connectivity index (χ3n) is 14.8. The monoisotopic (exact) mass is 974 g/mol. The smallest absolute Gasteiger partial charge is 0.305 e. The Balaban J connectivity index is 3.34. The predicted molar refractivity (Wildman–Crippen MR) is 301 cm³/mol. The van der Waals surface area contributed by atoms with Crippen LogP contribution in [0, 0.1) is 0 Å². The first kappa shape index (κ1) is 67.6. The molecule has 0 saturated heterocycles. The van der Waals surface area contributed by atoms with Crippen molar-refractivity contribution in [3.05, 3.63) is 12.2 Å². The molecular formula is C63H123NO5. The molecule has 0 aliphatic rings. The van der Waals surface area contributed by atoms with Crippen LogP contribution in [-0.2, 0) is 14.3 Å². The van der Waals surface area contributed by atoms with Crippen molar-refractivity contribution >= 4 is 11.9 Å². The number of unbranched alkanes of at least 4 members (excludes halogenated alkanes) is 48. The predicted octanol–water partition coefficient (Wildman–Crippen LogP) is 19.6. The molecule has 0 aromatic carbocycles. The molecular weight excluding hydrogens is 851 g/mol. The normalized spacial score (nSPS) is 12.6. The van der Waals surface area contributed by atoms with Crippen molar-refractivity contribution in [1.82, 2.24) is 5.32 Å². The molecule has 0 bridgehead atoms. The van der Waals surface area contributed by atoms with Crippen LogP contribution < -0.4 is 5.32 Å². The molecule has 69 heavy (non-hydrogen) atoms. The van der Waals surface area contributed by atoms with Gasteiger partial charge in [0.2, 0.25) is 5.91 Å². The molecule has 0 spiro atoms. The van der Waals surface area contributed by atoms with E-state index in [1.807, 2.05) is 6.08 Å². The number of amides is 1. The maximum Gasteiger partial charge on any atom is 0.305 e. The highest BCUT2D eigenvalue weighted by molar-refractivity contribution is 5.76. The number of hydrogen-bond acceptors (Lipinski definition) is 5. The zero-order valence-electron chi connectivity index (χ0n) is 46.8. The van der Waals surface area contributed by atoms with Gasteiger partial charge < -0.3 is 20.3 Å². The minimum atomic E-state index is -0.842. The van der Waals surface area contributed by atoms with Crippen LogP contribution in [-0.4, -0.2) is 47.4 Å². The summed E-state index contributed by atoms with van der Waals surface area (Å²) in [6.45, 7) is 4.92. The maximum absolute atomic E-state index is 12.4. The number of rotatable bonds is 59. The van der Waals surface area contributed by atoms with Gasteiger partial charge in [-0.25, -0.2) is 0 Å². The Morgan fingerprint density at radius 3 is 0.986 bits per heavy atom. The van der Waals surface area contributed by atoms with Crippen molar-refractivity contribution in [2.45, 2.75) is 366 Å². The summed E-state index contributed by atoms with van der Waals surface area (Å²) in [4.78, 5) is 24.5. The number of esters is 1. The van der Waals surface area contributed by atoms with Gasteiger partial charge in [0.05, 0.1) is 25.4 Å². The van der Waals surface area contributed by atoms with E-state index in [-0.39, 0.29) is 18.5 Å². The van der Waals surface area contributed by atoms with Crippen LogP contribution in [0.25, 0.3) is 0 Å². The Morgan fingerprint density at radius 1 is 0.391 bits per heavy atom. The highest BCUT2D eigenvalue weighted by Gasteiger charge is 2.18. The van der Waals surface area contributed by atoms with Gasteiger partial charge >= 0.3 is 5.97 Å². The van der Waals surface area contributed by atoms with Gasteiger partial charge in [0.1, 0.15) is 0 Å². The molecule has 2 unspecified atom stereocenters. The minimum absolute atomic E-state index is 0.0180. The average Bonchev–Trinajstić information content (AvgIpc) is 3.35. The molecule has 0 aliphatic carbocycles. The molecule has 6 heteroatoms. The van der Waals surface area contributed by atoms with Gasteiger partial charge in [-0.15, -0.1) is 0 Å². The third-order valence-corrected chi connectivity index (χ3v) is 14.8. The number of allylic oxidation sites excluding steroid dienone is 1. The second kappa shape index (κ2) is 59.2. The van der Waals surface area contributed by atoms with E-state index in [9.17, 15) is 19.8 Å². The number of nitrogens with one attached hydrogen (secondary N) is 1. The Hall–Kier alpha value is -1.40. The number of carbonyl (C=O) groups is 2. The molecule has 0 aromatic rings. The van der Waals surface area contributed by atoms with Crippen molar-refractivity contribution in [1.29, 1.82) is 0 Å². The standard InChI is InChI=1S/C63H123NO5/c1-3-5-7-9-11-13-15-16-17-18-23-27-30-33-37-41-45-49-53-57-63(68)69-58-54-50-46-42-38-34-31-28-25-22-20-19-21-24-26-29-32-36-40-44-48-52-56-62(67)64-60(59-65)61(66)55-51-47-43-39-35-14-12-10-8-6-4-2/h51,55,60-61,65-66H,3-50,52-54,56-59H2,1-2H3,(H,64,67)/b55-51+. The van der Waals surface area contributed by atoms with E-state index >= 15 is 0 Å². The lowest BCUT2D eigenvalue weighted by atomic mass is 10.0. The first-order valence-corrected chi connectivity index (χ1v) is 31.5. The number of aliphatic hydroxyl groups excluding tert-OH is 2. The molecule has 6 nitrogen and oxygen atoms in total. The zero-order valence-corrected chi connectivity index (χ0v) is 46.8.